The van der Waals surface area contributed by atoms with E-state index in [1.54, 1.807) is 40.0 Å². The van der Waals surface area contributed by atoms with Crippen molar-refractivity contribution >= 4 is 15.8 Å². The molecule has 1 fully saturated rings. The zero-order valence-electron chi connectivity index (χ0n) is 15.4. The molecule has 0 radical (unpaired) electrons. The average molecular weight is 381 g/mol. The average Bonchev–Trinajstić information content (AvgIpc) is 3.22. The molecular formula is C18H24FN3O3S. The van der Waals surface area contributed by atoms with Crippen LogP contribution in [0.4, 0.5) is 10.2 Å². The molecule has 1 aromatic heterocycles. The first kappa shape index (κ1) is 18.7. The molecule has 8 heteroatoms. The second kappa shape index (κ2) is 6.57. The van der Waals surface area contributed by atoms with Gasteiger partial charge in [0, 0.05) is 18.2 Å². The van der Waals surface area contributed by atoms with Gasteiger partial charge in [-0.1, -0.05) is 0 Å². The van der Waals surface area contributed by atoms with Crippen LogP contribution in [-0.4, -0.2) is 36.0 Å². The Kier molecular flexibility index (Phi) is 4.72. The molecule has 0 N–H and O–H groups in total. The van der Waals surface area contributed by atoms with Crippen molar-refractivity contribution in [2.75, 3.05) is 18.6 Å². The van der Waals surface area contributed by atoms with Gasteiger partial charge in [0.2, 0.25) is 0 Å². The number of aromatic nitrogens is 2. The normalized spacial score (nSPS) is 18.3. The van der Waals surface area contributed by atoms with Gasteiger partial charge in [0.05, 0.1) is 24.1 Å². The third-order valence-corrected chi connectivity index (χ3v) is 6.97. The van der Waals surface area contributed by atoms with E-state index in [9.17, 15) is 12.8 Å². The van der Waals surface area contributed by atoms with E-state index in [0.717, 1.165) is 16.9 Å². The van der Waals surface area contributed by atoms with Crippen LogP contribution >= 0.6 is 0 Å². The Balaban J connectivity index is 2.07. The topological polar surface area (TPSA) is 64.4 Å². The molecule has 0 amide bonds. The number of halogens is 1. The Bertz CT molecular complexity index is 903. The van der Waals surface area contributed by atoms with E-state index in [1.807, 2.05) is 4.90 Å². The van der Waals surface area contributed by atoms with Gasteiger partial charge < -0.3 is 9.64 Å². The number of hydrogen-bond acceptors (Lipinski definition) is 5. The molecule has 3 rings (SSSR count). The minimum absolute atomic E-state index is 0.175. The number of anilines is 1. The van der Waals surface area contributed by atoms with Gasteiger partial charge in [0.1, 0.15) is 17.4 Å². The summed E-state index contributed by atoms with van der Waals surface area (Å²) in [6.45, 7) is 5.59. The molecule has 0 aliphatic carbocycles. The fourth-order valence-electron chi connectivity index (χ4n) is 3.26. The predicted molar refractivity (Wildman–Crippen MR) is 98.6 cm³/mol. The summed E-state index contributed by atoms with van der Waals surface area (Å²) in [5.41, 5.74) is 0.714. The predicted octanol–water partition coefficient (Wildman–Crippen LogP) is 3.35. The molecular weight excluding hydrogens is 357 g/mol. The van der Waals surface area contributed by atoms with Crippen molar-refractivity contribution in [2.24, 2.45) is 0 Å². The number of hydrogen-bond donors (Lipinski definition) is 0. The van der Waals surface area contributed by atoms with Gasteiger partial charge in [0.25, 0.3) is 10.0 Å². The standard InChI is InChI=1S/C18H24FN3O3S/c1-18(2,3)26(23,24)22-17(9-10-20-22)21-11-5-6-15(21)14-12-13(19)7-8-16(14)25-4/h7-10,12,15H,5-6,11H2,1-4H3. The quantitative estimate of drug-likeness (QED) is 0.813. The summed E-state index contributed by atoms with van der Waals surface area (Å²) in [7, 11) is -2.13. The molecule has 2 aromatic rings. The zero-order chi connectivity index (χ0) is 19.1. The lowest BCUT2D eigenvalue weighted by Gasteiger charge is -2.29. The van der Waals surface area contributed by atoms with Crippen LogP contribution in [0, 0.1) is 5.82 Å². The summed E-state index contributed by atoms with van der Waals surface area (Å²) in [6, 6.07) is 5.93. The Morgan fingerprint density at radius 3 is 2.65 bits per heavy atom. The minimum Gasteiger partial charge on any atom is -0.496 e. The van der Waals surface area contributed by atoms with E-state index in [0.29, 0.717) is 23.7 Å². The fourth-order valence-corrected chi connectivity index (χ4v) is 4.37. The molecule has 26 heavy (non-hydrogen) atoms. The third-order valence-electron chi connectivity index (χ3n) is 4.69. The Labute approximate surface area is 153 Å². The summed E-state index contributed by atoms with van der Waals surface area (Å²) in [5.74, 6) is 0.741. The van der Waals surface area contributed by atoms with Crippen LogP contribution < -0.4 is 9.64 Å². The Hall–Kier alpha value is -2.09. The van der Waals surface area contributed by atoms with E-state index >= 15 is 0 Å². The SMILES string of the molecule is COc1ccc(F)cc1C1CCCN1c1ccnn1S(=O)(=O)C(C)(C)C. The number of methoxy groups -OCH3 is 1. The Morgan fingerprint density at radius 2 is 2.00 bits per heavy atom. The van der Waals surface area contributed by atoms with Crippen LogP contribution in [-0.2, 0) is 10.0 Å². The van der Waals surface area contributed by atoms with Crippen LogP contribution in [0.25, 0.3) is 0 Å². The molecule has 0 spiro atoms. The number of ether oxygens (including phenoxy) is 1. The smallest absolute Gasteiger partial charge is 0.260 e. The highest BCUT2D eigenvalue weighted by molar-refractivity contribution is 7.91. The molecule has 1 unspecified atom stereocenters. The van der Waals surface area contributed by atoms with Crippen molar-refractivity contribution in [3.8, 4) is 5.75 Å². The lowest BCUT2D eigenvalue weighted by molar-refractivity contribution is 0.404. The molecule has 6 nitrogen and oxygen atoms in total. The van der Waals surface area contributed by atoms with Gasteiger partial charge in [-0.3, -0.25) is 0 Å². The largest absolute Gasteiger partial charge is 0.496 e. The lowest BCUT2D eigenvalue weighted by atomic mass is 10.0. The third kappa shape index (κ3) is 3.06. The van der Waals surface area contributed by atoms with E-state index in [1.165, 1.54) is 18.3 Å². The van der Waals surface area contributed by atoms with Crippen LogP contribution in [0.15, 0.2) is 30.5 Å². The molecule has 1 aliphatic rings. The highest BCUT2D eigenvalue weighted by atomic mass is 32.2. The monoisotopic (exact) mass is 381 g/mol. The molecule has 0 bridgehead atoms. The summed E-state index contributed by atoms with van der Waals surface area (Å²) in [5, 5.41) is 4.07. The number of benzene rings is 1. The first-order valence-electron chi connectivity index (χ1n) is 8.56. The molecule has 0 saturated carbocycles. The molecule has 1 aromatic carbocycles. The van der Waals surface area contributed by atoms with Crippen LogP contribution in [0.5, 0.6) is 5.75 Å². The number of nitrogens with zero attached hydrogens (tertiary/aromatic N) is 3. The summed E-state index contributed by atoms with van der Waals surface area (Å²) in [6.07, 6.45) is 3.13. The second-order valence-corrected chi connectivity index (χ2v) is 9.91. The maximum atomic E-state index is 13.8. The molecule has 1 atom stereocenters. The maximum Gasteiger partial charge on any atom is 0.260 e. The highest BCUT2D eigenvalue weighted by Gasteiger charge is 2.37. The van der Waals surface area contributed by atoms with E-state index < -0.39 is 14.8 Å². The van der Waals surface area contributed by atoms with Crippen molar-refractivity contribution in [1.29, 1.82) is 0 Å². The highest BCUT2D eigenvalue weighted by Crippen LogP contribution is 2.40. The van der Waals surface area contributed by atoms with Gasteiger partial charge >= 0.3 is 0 Å². The van der Waals surface area contributed by atoms with Crippen molar-refractivity contribution in [3.05, 3.63) is 41.8 Å². The lowest BCUT2D eigenvalue weighted by Crippen LogP contribution is -2.37. The van der Waals surface area contributed by atoms with Gasteiger partial charge in [-0.05, 0) is 51.8 Å². The van der Waals surface area contributed by atoms with Crippen molar-refractivity contribution in [1.82, 2.24) is 9.19 Å². The fraction of sp³-hybridized carbons (Fsp3) is 0.500. The molecule has 1 saturated heterocycles. The van der Waals surface area contributed by atoms with Crippen LogP contribution in [0.1, 0.15) is 45.2 Å². The second-order valence-electron chi connectivity index (χ2n) is 7.39. The summed E-state index contributed by atoms with van der Waals surface area (Å²) >= 11 is 0. The van der Waals surface area contributed by atoms with Crippen molar-refractivity contribution in [2.45, 2.75) is 44.4 Å². The van der Waals surface area contributed by atoms with Crippen molar-refractivity contribution < 1.29 is 17.5 Å². The first-order chi connectivity index (χ1) is 12.2. The summed E-state index contributed by atoms with van der Waals surface area (Å²) in [4.78, 5) is 1.97. The molecule has 1 aliphatic heterocycles. The molecule has 2 heterocycles. The van der Waals surface area contributed by atoms with Crippen molar-refractivity contribution in [3.63, 3.8) is 0 Å². The number of rotatable bonds is 4. The van der Waals surface area contributed by atoms with E-state index in [4.69, 9.17) is 4.74 Å². The maximum absolute atomic E-state index is 13.8. The van der Waals surface area contributed by atoms with Gasteiger partial charge in [-0.25, -0.2) is 12.8 Å². The van der Waals surface area contributed by atoms with E-state index in [-0.39, 0.29) is 11.9 Å². The minimum atomic E-state index is -3.67. The summed E-state index contributed by atoms with van der Waals surface area (Å²) < 4.78 is 45.2. The van der Waals surface area contributed by atoms with E-state index in [2.05, 4.69) is 5.10 Å². The Morgan fingerprint density at radius 1 is 1.27 bits per heavy atom. The van der Waals surface area contributed by atoms with Gasteiger partial charge in [-0.15, -0.1) is 4.09 Å². The van der Waals surface area contributed by atoms with Crippen LogP contribution in [0.3, 0.4) is 0 Å². The zero-order valence-corrected chi connectivity index (χ0v) is 16.3. The van der Waals surface area contributed by atoms with Gasteiger partial charge in [-0.2, -0.15) is 5.10 Å². The van der Waals surface area contributed by atoms with Gasteiger partial charge in [0.15, 0.2) is 0 Å². The molecule has 142 valence electrons. The first-order valence-corrected chi connectivity index (χ1v) is 10.00. The van der Waals surface area contributed by atoms with Crippen LogP contribution in [0.2, 0.25) is 0 Å².